The standard InChI is InChI=1S/C9H11F2NO3/c1-6-2-3-7(15-6)8(14)12-4-9(10,11)5-13/h2-3,13H,4-5H2,1H3,(H,12,14). The van der Waals surface area contributed by atoms with Crippen LogP contribution in [0.3, 0.4) is 0 Å². The zero-order valence-electron chi connectivity index (χ0n) is 8.09. The van der Waals surface area contributed by atoms with Crippen molar-refractivity contribution in [1.29, 1.82) is 0 Å². The predicted octanol–water partition coefficient (Wildman–Crippen LogP) is 0.945. The third-order valence-corrected chi connectivity index (χ3v) is 1.70. The first-order valence-corrected chi connectivity index (χ1v) is 4.28. The summed E-state index contributed by atoms with van der Waals surface area (Å²) >= 11 is 0. The van der Waals surface area contributed by atoms with Gasteiger partial charge in [0.25, 0.3) is 11.8 Å². The summed E-state index contributed by atoms with van der Waals surface area (Å²) in [5.41, 5.74) is 0. The molecule has 0 aliphatic rings. The Labute approximate surface area is 84.9 Å². The number of carbonyl (C=O) groups is 1. The number of aliphatic hydroxyl groups is 1. The van der Waals surface area contributed by atoms with Crippen LogP contribution in [0.2, 0.25) is 0 Å². The quantitative estimate of drug-likeness (QED) is 0.792. The molecule has 0 saturated carbocycles. The van der Waals surface area contributed by atoms with Gasteiger partial charge in [-0.1, -0.05) is 0 Å². The molecule has 15 heavy (non-hydrogen) atoms. The number of aliphatic hydroxyl groups excluding tert-OH is 1. The Bertz CT molecular complexity index is 349. The van der Waals surface area contributed by atoms with Crippen LogP contribution in [0.15, 0.2) is 16.5 Å². The molecule has 4 nitrogen and oxygen atoms in total. The molecule has 0 radical (unpaired) electrons. The summed E-state index contributed by atoms with van der Waals surface area (Å²) in [5, 5.41) is 10.2. The van der Waals surface area contributed by atoms with Crippen molar-refractivity contribution in [2.45, 2.75) is 12.8 Å². The molecule has 0 bridgehead atoms. The van der Waals surface area contributed by atoms with Crippen molar-refractivity contribution < 1.29 is 23.1 Å². The summed E-state index contributed by atoms with van der Waals surface area (Å²) < 4.78 is 30.0. The predicted molar refractivity (Wildman–Crippen MR) is 47.8 cm³/mol. The van der Waals surface area contributed by atoms with Gasteiger partial charge in [0.05, 0.1) is 6.54 Å². The number of hydrogen-bond donors (Lipinski definition) is 2. The highest BCUT2D eigenvalue weighted by Gasteiger charge is 2.28. The van der Waals surface area contributed by atoms with Gasteiger partial charge in [-0.05, 0) is 19.1 Å². The van der Waals surface area contributed by atoms with E-state index in [2.05, 4.69) is 0 Å². The summed E-state index contributed by atoms with van der Waals surface area (Å²) in [4.78, 5) is 11.2. The summed E-state index contributed by atoms with van der Waals surface area (Å²) in [6.45, 7) is -0.578. The van der Waals surface area contributed by atoms with Crippen molar-refractivity contribution in [2.24, 2.45) is 0 Å². The van der Waals surface area contributed by atoms with E-state index in [-0.39, 0.29) is 5.76 Å². The number of alkyl halides is 2. The maximum absolute atomic E-state index is 12.5. The third-order valence-electron chi connectivity index (χ3n) is 1.70. The molecule has 0 saturated heterocycles. The lowest BCUT2D eigenvalue weighted by Gasteiger charge is -2.12. The zero-order chi connectivity index (χ0) is 11.5. The van der Waals surface area contributed by atoms with Gasteiger partial charge in [-0.15, -0.1) is 0 Å². The molecule has 0 aliphatic heterocycles. The van der Waals surface area contributed by atoms with Gasteiger partial charge in [0.1, 0.15) is 12.4 Å². The molecular weight excluding hydrogens is 208 g/mol. The number of aryl methyl sites for hydroxylation is 1. The number of nitrogens with one attached hydrogen (secondary N) is 1. The van der Waals surface area contributed by atoms with Crippen LogP contribution in [-0.2, 0) is 0 Å². The first kappa shape index (κ1) is 11.6. The first-order chi connectivity index (χ1) is 6.94. The molecule has 0 fully saturated rings. The van der Waals surface area contributed by atoms with Crippen molar-refractivity contribution in [3.05, 3.63) is 23.7 Å². The van der Waals surface area contributed by atoms with Gasteiger partial charge >= 0.3 is 0 Å². The van der Waals surface area contributed by atoms with Gasteiger partial charge in [-0.2, -0.15) is 0 Å². The molecule has 1 rings (SSSR count). The van der Waals surface area contributed by atoms with E-state index in [0.717, 1.165) is 0 Å². The van der Waals surface area contributed by atoms with Gasteiger partial charge in [0.15, 0.2) is 5.76 Å². The highest BCUT2D eigenvalue weighted by Crippen LogP contribution is 2.11. The molecule has 1 heterocycles. The van der Waals surface area contributed by atoms with E-state index in [4.69, 9.17) is 9.52 Å². The van der Waals surface area contributed by atoms with Crippen molar-refractivity contribution in [1.82, 2.24) is 5.32 Å². The van der Waals surface area contributed by atoms with Crippen LogP contribution in [0.4, 0.5) is 8.78 Å². The molecule has 1 amide bonds. The van der Waals surface area contributed by atoms with Crippen LogP contribution in [0.5, 0.6) is 0 Å². The largest absolute Gasteiger partial charge is 0.456 e. The van der Waals surface area contributed by atoms with Crippen molar-refractivity contribution in [3.8, 4) is 0 Å². The van der Waals surface area contributed by atoms with E-state index in [9.17, 15) is 13.6 Å². The van der Waals surface area contributed by atoms with Gasteiger partial charge in [-0.25, -0.2) is 8.78 Å². The van der Waals surface area contributed by atoms with E-state index in [1.54, 1.807) is 13.0 Å². The maximum Gasteiger partial charge on any atom is 0.287 e. The van der Waals surface area contributed by atoms with Crippen LogP contribution in [-0.4, -0.2) is 30.1 Å². The summed E-state index contributed by atoms with van der Waals surface area (Å²) in [6, 6.07) is 2.95. The normalized spacial score (nSPS) is 11.5. The highest BCUT2D eigenvalue weighted by atomic mass is 19.3. The third kappa shape index (κ3) is 3.32. The minimum atomic E-state index is -3.31. The Morgan fingerprint density at radius 2 is 2.27 bits per heavy atom. The van der Waals surface area contributed by atoms with E-state index < -0.39 is 25.0 Å². The Kier molecular flexibility index (Phi) is 3.41. The molecule has 0 atom stereocenters. The number of amides is 1. The fourth-order valence-corrected chi connectivity index (χ4v) is 0.909. The Balaban J connectivity index is 2.50. The van der Waals surface area contributed by atoms with Gasteiger partial charge in [0.2, 0.25) is 0 Å². The SMILES string of the molecule is Cc1ccc(C(=O)NCC(F)(F)CO)o1. The lowest BCUT2D eigenvalue weighted by Crippen LogP contribution is -2.38. The molecule has 0 aliphatic carbocycles. The molecule has 1 aromatic rings. The monoisotopic (exact) mass is 219 g/mol. The number of furan rings is 1. The molecule has 6 heteroatoms. The van der Waals surface area contributed by atoms with E-state index >= 15 is 0 Å². The molecule has 2 N–H and O–H groups in total. The molecule has 0 unspecified atom stereocenters. The van der Waals surface area contributed by atoms with Crippen LogP contribution >= 0.6 is 0 Å². The molecule has 0 spiro atoms. The Morgan fingerprint density at radius 1 is 1.60 bits per heavy atom. The second-order valence-corrected chi connectivity index (χ2v) is 3.11. The molecule has 1 aromatic heterocycles. The average Bonchev–Trinajstić information content (AvgIpc) is 2.61. The fourth-order valence-electron chi connectivity index (χ4n) is 0.909. The average molecular weight is 219 g/mol. The number of halogens is 2. The lowest BCUT2D eigenvalue weighted by atomic mass is 10.3. The van der Waals surface area contributed by atoms with Gasteiger partial charge < -0.3 is 14.8 Å². The fraction of sp³-hybridized carbons (Fsp3) is 0.444. The number of rotatable bonds is 4. The summed E-state index contributed by atoms with van der Waals surface area (Å²) in [6.07, 6.45) is 0. The van der Waals surface area contributed by atoms with Crippen molar-refractivity contribution >= 4 is 5.91 Å². The Morgan fingerprint density at radius 3 is 2.73 bits per heavy atom. The van der Waals surface area contributed by atoms with Crippen molar-refractivity contribution in [2.75, 3.05) is 13.2 Å². The zero-order valence-corrected chi connectivity index (χ0v) is 8.09. The van der Waals surface area contributed by atoms with Gasteiger partial charge in [0, 0.05) is 0 Å². The molecule has 0 aromatic carbocycles. The van der Waals surface area contributed by atoms with Gasteiger partial charge in [-0.3, -0.25) is 4.79 Å². The second-order valence-electron chi connectivity index (χ2n) is 3.11. The first-order valence-electron chi connectivity index (χ1n) is 4.28. The van der Waals surface area contributed by atoms with E-state index in [1.807, 2.05) is 5.32 Å². The number of carbonyl (C=O) groups excluding carboxylic acids is 1. The maximum atomic E-state index is 12.5. The minimum absolute atomic E-state index is 0.0266. The topological polar surface area (TPSA) is 62.5 Å². The molecular formula is C9H11F2NO3. The van der Waals surface area contributed by atoms with Crippen LogP contribution < -0.4 is 5.32 Å². The minimum Gasteiger partial charge on any atom is -0.456 e. The van der Waals surface area contributed by atoms with Crippen LogP contribution in [0.1, 0.15) is 16.3 Å². The smallest absolute Gasteiger partial charge is 0.287 e. The van der Waals surface area contributed by atoms with E-state index in [0.29, 0.717) is 5.76 Å². The Hall–Kier alpha value is -1.43. The van der Waals surface area contributed by atoms with Crippen LogP contribution in [0.25, 0.3) is 0 Å². The van der Waals surface area contributed by atoms with E-state index in [1.165, 1.54) is 6.07 Å². The second kappa shape index (κ2) is 4.39. The van der Waals surface area contributed by atoms with Crippen molar-refractivity contribution in [3.63, 3.8) is 0 Å². The summed E-state index contributed by atoms with van der Waals surface area (Å²) in [5.74, 6) is -3.54. The van der Waals surface area contributed by atoms with Crippen LogP contribution in [0, 0.1) is 6.92 Å². The highest BCUT2D eigenvalue weighted by molar-refractivity contribution is 5.91. The summed E-state index contributed by atoms with van der Waals surface area (Å²) in [7, 11) is 0. The molecule has 84 valence electrons. The number of hydrogen-bond acceptors (Lipinski definition) is 3. The lowest BCUT2D eigenvalue weighted by molar-refractivity contribution is -0.0463.